The van der Waals surface area contributed by atoms with Crippen LogP contribution in [0.5, 0.6) is 0 Å². The predicted molar refractivity (Wildman–Crippen MR) is 46.3 cm³/mol. The molecule has 0 atom stereocenters. The molecule has 0 N–H and O–H groups in total. The second kappa shape index (κ2) is 5.36. The van der Waals surface area contributed by atoms with Crippen LogP contribution < -0.4 is 0 Å². The fourth-order valence-electron chi connectivity index (χ4n) is 0.583. The molecule has 0 spiro atoms. The molecule has 9 heavy (non-hydrogen) atoms. The summed E-state index contributed by atoms with van der Waals surface area (Å²) in [4.78, 5) is 0. The number of benzene rings is 1. The van der Waals surface area contributed by atoms with Crippen molar-refractivity contribution in [1.29, 1.82) is 0 Å². The summed E-state index contributed by atoms with van der Waals surface area (Å²) >= 11 is 4.11. The molecular formula is C7H9NaS. The van der Waals surface area contributed by atoms with Crippen molar-refractivity contribution in [1.82, 2.24) is 0 Å². The summed E-state index contributed by atoms with van der Waals surface area (Å²) < 4.78 is 0. The Bertz CT molecular complexity index is 150. The van der Waals surface area contributed by atoms with Gasteiger partial charge in [0.2, 0.25) is 0 Å². The first kappa shape index (κ1) is 9.57. The van der Waals surface area contributed by atoms with E-state index in [4.69, 9.17) is 0 Å². The van der Waals surface area contributed by atoms with E-state index in [2.05, 4.69) is 24.8 Å². The molecule has 44 valence electrons. The molecule has 0 aromatic heterocycles. The maximum absolute atomic E-state index is 4.11. The zero-order valence-electron chi connectivity index (χ0n) is 4.54. The third-order valence-corrected chi connectivity index (χ3v) is 1.39. The van der Waals surface area contributed by atoms with Crippen LogP contribution in [0.3, 0.4) is 0 Å². The van der Waals surface area contributed by atoms with Gasteiger partial charge in [0.15, 0.2) is 0 Å². The third kappa shape index (κ3) is 3.31. The van der Waals surface area contributed by atoms with Crippen molar-refractivity contribution in [2.75, 3.05) is 0 Å². The molecule has 0 unspecified atom stereocenters. The van der Waals surface area contributed by atoms with E-state index < -0.39 is 0 Å². The van der Waals surface area contributed by atoms with Crippen LogP contribution in [0.25, 0.3) is 0 Å². The summed E-state index contributed by atoms with van der Waals surface area (Å²) in [5.74, 6) is 0.834. The Kier molecular flexibility index (Phi) is 5.70. The van der Waals surface area contributed by atoms with Crippen LogP contribution in [0.4, 0.5) is 0 Å². The minimum atomic E-state index is 0. The standard InChI is InChI=1S/C7H8S.Na.H/c8-6-7-4-2-1-3-5-7;;/h1-5,8H,6H2;;. The van der Waals surface area contributed by atoms with Gasteiger partial charge < -0.3 is 0 Å². The Balaban J connectivity index is 0.000000640. The maximum atomic E-state index is 4.11. The van der Waals surface area contributed by atoms with E-state index in [0.29, 0.717) is 0 Å². The number of thiol groups is 1. The molecule has 0 aliphatic heterocycles. The fourth-order valence-corrected chi connectivity index (χ4v) is 0.794. The molecule has 1 aromatic rings. The summed E-state index contributed by atoms with van der Waals surface area (Å²) in [6, 6.07) is 10.2. The quantitative estimate of drug-likeness (QED) is 0.452. The second-order valence-corrected chi connectivity index (χ2v) is 1.96. The van der Waals surface area contributed by atoms with E-state index in [9.17, 15) is 0 Å². The first-order valence-corrected chi connectivity index (χ1v) is 3.21. The van der Waals surface area contributed by atoms with Crippen molar-refractivity contribution >= 4 is 42.2 Å². The number of hydrogen-bond donors (Lipinski definition) is 1. The molecule has 0 fully saturated rings. The van der Waals surface area contributed by atoms with E-state index in [-0.39, 0.29) is 29.6 Å². The topological polar surface area (TPSA) is 0 Å². The van der Waals surface area contributed by atoms with Gasteiger partial charge in [-0.25, -0.2) is 0 Å². The zero-order valence-corrected chi connectivity index (χ0v) is 5.44. The molecule has 0 nitrogen and oxygen atoms in total. The molecule has 0 bridgehead atoms. The summed E-state index contributed by atoms with van der Waals surface area (Å²) in [6.45, 7) is 0. The van der Waals surface area contributed by atoms with Crippen molar-refractivity contribution in [3.05, 3.63) is 35.9 Å². The van der Waals surface area contributed by atoms with Gasteiger partial charge in [-0.3, -0.25) is 0 Å². The van der Waals surface area contributed by atoms with Gasteiger partial charge in [0.05, 0.1) is 0 Å². The molecule has 2 heteroatoms. The van der Waals surface area contributed by atoms with Gasteiger partial charge in [-0.05, 0) is 5.56 Å². The van der Waals surface area contributed by atoms with Crippen LogP contribution in [0.2, 0.25) is 0 Å². The van der Waals surface area contributed by atoms with Gasteiger partial charge in [-0.2, -0.15) is 12.6 Å². The van der Waals surface area contributed by atoms with Crippen LogP contribution in [0, 0.1) is 0 Å². The van der Waals surface area contributed by atoms with Gasteiger partial charge in [-0.15, -0.1) is 0 Å². The first-order valence-electron chi connectivity index (χ1n) is 2.58. The van der Waals surface area contributed by atoms with Crippen LogP contribution in [-0.2, 0) is 5.75 Å². The predicted octanol–water partition coefficient (Wildman–Crippen LogP) is 1.47. The van der Waals surface area contributed by atoms with Gasteiger partial charge in [0, 0.05) is 5.75 Å². The Labute approximate surface area is 83.4 Å². The van der Waals surface area contributed by atoms with E-state index >= 15 is 0 Å². The Morgan fingerprint density at radius 3 is 2.00 bits per heavy atom. The third-order valence-electron chi connectivity index (χ3n) is 1.03. The molecule has 0 heterocycles. The average molecular weight is 148 g/mol. The van der Waals surface area contributed by atoms with Crippen LogP contribution in [-0.4, -0.2) is 29.6 Å². The zero-order chi connectivity index (χ0) is 5.82. The van der Waals surface area contributed by atoms with Crippen LogP contribution in [0.1, 0.15) is 5.56 Å². The van der Waals surface area contributed by atoms with E-state index in [0.717, 1.165) is 5.75 Å². The van der Waals surface area contributed by atoms with E-state index in [1.54, 1.807) is 0 Å². The molecule has 0 radical (unpaired) electrons. The van der Waals surface area contributed by atoms with Gasteiger partial charge in [-0.1, -0.05) is 30.3 Å². The van der Waals surface area contributed by atoms with Gasteiger partial charge in [0.25, 0.3) is 0 Å². The summed E-state index contributed by atoms with van der Waals surface area (Å²) in [7, 11) is 0. The molecule has 1 aromatic carbocycles. The average Bonchev–Trinajstić information content (AvgIpc) is 1.90. The first-order chi connectivity index (χ1) is 3.93. The van der Waals surface area contributed by atoms with Crippen molar-refractivity contribution in [2.45, 2.75) is 5.75 Å². The van der Waals surface area contributed by atoms with Gasteiger partial charge in [0.1, 0.15) is 0 Å². The summed E-state index contributed by atoms with van der Waals surface area (Å²) in [5, 5.41) is 0. The SMILES string of the molecule is SCc1ccccc1.[NaH]. The summed E-state index contributed by atoms with van der Waals surface area (Å²) in [5.41, 5.74) is 1.27. The van der Waals surface area contributed by atoms with Crippen molar-refractivity contribution in [3.8, 4) is 0 Å². The second-order valence-electron chi connectivity index (χ2n) is 1.64. The number of hydrogen-bond acceptors (Lipinski definition) is 1. The molecule has 0 saturated carbocycles. The Morgan fingerprint density at radius 2 is 1.67 bits per heavy atom. The van der Waals surface area contributed by atoms with E-state index in [1.807, 2.05) is 18.2 Å². The van der Waals surface area contributed by atoms with E-state index in [1.165, 1.54) is 5.56 Å². The van der Waals surface area contributed by atoms with Crippen molar-refractivity contribution < 1.29 is 0 Å². The molecular weight excluding hydrogens is 139 g/mol. The molecule has 0 amide bonds. The Morgan fingerprint density at radius 1 is 1.11 bits per heavy atom. The van der Waals surface area contributed by atoms with Crippen LogP contribution in [0.15, 0.2) is 30.3 Å². The van der Waals surface area contributed by atoms with Gasteiger partial charge >= 0.3 is 29.6 Å². The minimum absolute atomic E-state index is 0. The van der Waals surface area contributed by atoms with Crippen molar-refractivity contribution in [2.24, 2.45) is 0 Å². The summed E-state index contributed by atoms with van der Waals surface area (Å²) in [6.07, 6.45) is 0. The molecule has 0 saturated heterocycles. The Hall–Kier alpha value is 0.570. The molecule has 0 aliphatic rings. The van der Waals surface area contributed by atoms with Crippen LogP contribution >= 0.6 is 12.6 Å². The number of rotatable bonds is 1. The van der Waals surface area contributed by atoms with Crippen molar-refractivity contribution in [3.63, 3.8) is 0 Å². The fraction of sp³-hybridized carbons (Fsp3) is 0.143. The molecule has 0 aliphatic carbocycles. The normalized spacial score (nSPS) is 8.11. The molecule has 1 rings (SSSR count). The monoisotopic (exact) mass is 148 g/mol.